The molecular formula is C11H15N5S. The molecule has 2 heterocycles. The molecule has 6 heteroatoms. The van der Waals surface area contributed by atoms with E-state index in [2.05, 4.69) is 20.1 Å². The van der Waals surface area contributed by atoms with Gasteiger partial charge in [-0.3, -0.25) is 9.88 Å². The topological polar surface area (TPSA) is 67.9 Å². The van der Waals surface area contributed by atoms with Crippen molar-refractivity contribution in [1.82, 2.24) is 20.1 Å². The Morgan fingerprint density at radius 2 is 2.12 bits per heavy atom. The minimum absolute atomic E-state index is 0.516. The van der Waals surface area contributed by atoms with E-state index in [0.717, 1.165) is 29.5 Å². The maximum absolute atomic E-state index is 5.54. The van der Waals surface area contributed by atoms with E-state index in [1.165, 1.54) is 11.3 Å². The SMILES string of the molecule is Cc1cccc(CN(C)Cc2nnc(N)s2)n1. The number of nitrogens with two attached hydrogens (primary N) is 1. The lowest BCUT2D eigenvalue weighted by atomic mass is 10.3. The Balaban J connectivity index is 1.95. The molecule has 2 aromatic rings. The summed E-state index contributed by atoms with van der Waals surface area (Å²) >= 11 is 1.42. The molecule has 17 heavy (non-hydrogen) atoms. The van der Waals surface area contributed by atoms with Gasteiger partial charge in [0.15, 0.2) is 0 Å². The number of aryl methyl sites for hydroxylation is 1. The van der Waals surface area contributed by atoms with Gasteiger partial charge in [-0.1, -0.05) is 17.4 Å². The van der Waals surface area contributed by atoms with Crippen molar-refractivity contribution in [3.8, 4) is 0 Å². The molecular weight excluding hydrogens is 234 g/mol. The van der Waals surface area contributed by atoms with Crippen molar-refractivity contribution in [2.45, 2.75) is 20.0 Å². The fraction of sp³-hybridized carbons (Fsp3) is 0.364. The highest BCUT2D eigenvalue weighted by Gasteiger charge is 2.06. The third-order valence-corrected chi connectivity index (χ3v) is 3.00. The van der Waals surface area contributed by atoms with Crippen LogP contribution in [0.1, 0.15) is 16.4 Å². The van der Waals surface area contributed by atoms with Crippen molar-refractivity contribution in [3.63, 3.8) is 0 Å². The normalized spacial score (nSPS) is 11.0. The summed E-state index contributed by atoms with van der Waals surface area (Å²) in [5, 5.41) is 9.24. The van der Waals surface area contributed by atoms with E-state index in [4.69, 9.17) is 5.73 Å². The molecule has 2 N–H and O–H groups in total. The molecule has 2 aromatic heterocycles. The summed E-state index contributed by atoms with van der Waals surface area (Å²) in [6, 6.07) is 6.04. The molecule has 0 radical (unpaired) electrons. The Hall–Kier alpha value is -1.53. The molecule has 0 aliphatic heterocycles. The van der Waals surface area contributed by atoms with Crippen LogP contribution >= 0.6 is 11.3 Å². The van der Waals surface area contributed by atoms with E-state index >= 15 is 0 Å². The second-order valence-corrected chi connectivity index (χ2v) is 5.07. The fourth-order valence-electron chi connectivity index (χ4n) is 1.58. The molecule has 2 rings (SSSR count). The van der Waals surface area contributed by atoms with E-state index in [-0.39, 0.29) is 0 Å². The molecule has 0 atom stereocenters. The molecule has 0 aliphatic rings. The first-order valence-corrected chi connectivity index (χ1v) is 6.14. The van der Waals surface area contributed by atoms with Gasteiger partial charge in [0.25, 0.3) is 0 Å². The lowest BCUT2D eigenvalue weighted by Crippen LogP contribution is -2.18. The van der Waals surface area contributed by atoms with Gasteiger partial charge in [0.2, 0.25) is 5.13 Å². The highest BCUT2D eigenvalue weighted by atomic mass is 32.1. The van der Waals surface area contributed by atoms with Gasteiger partial charge in [0, 0.05) is 12.2 Å². The van der Waals surface area contributed by atoms with Crippen LogP contribution in [0.5, 0.6) is 0 Å². The van der Waals surface area contributed by atoms with Crippen molar-refractivity contribution >= 4 is 16.5 Å². The van der Waals surface area contributed by atoms with Crippen LogP contribution in [0, 0.1) is 6.92 Å². The average Bonchev–Trinajstić information content (AvgIpc) is 2.63. The van der Waals surface area contributed by atoms with E-state index < -0.39 is 0 Å². The maximum atomic E-state index is 5.54. The smallest absolute Gasteiger partial charge is 0.203 e. The minimum atomic E-state index is 0.516. The Labute approximate surface area is 104 Å². The number of aromatic nitrogens is 3. The number of nitrogen functional groups attached to an aromatic ring is 1. The number of rotatable bonds is 4. The number of hydrogen-bond donors (Lipinski definition) is 1. The standard InChI is InChI=1S/C11H15N5S/c1-8-4-3-5-9(13-8)6-16(2)7-10-14-15-11(12)17-10/h3-5H,6-7H2,1-2H3,(H2,12,15). The Morgan fingerprint density at radius 3 is 2.76 bits per heavy atom. The van der Waals surface area contributed by atoms with E-state index in [9.17, 15) is 0 Å². The largest absolute Gasteiger partial charge is 0.374 e. The van der Waals surface area contributed by atoms with Crippen LogP contribution in [0.2, 0.25) is 0 Å². The van der Waals surface area contributed by atoms with Crippen molar-refractivity contribution in [3.05, 3.63) is 34.6 Å². The summed E-state index contributed by atoms with van der Waals surface area (Å²) < 4.78 is 0. The summed E-state index contributed by atoms with van der Waals surface area (Å²) in [4.78, 5) is 6.60. The molecule has 0 aromatic carbocycles. The molecule has 5 nitrogen and oxygen atoms in total. The van der Waals surface area contributed by atoms with Crippen molar-refractivity contribution in [2.24, 2.45) is 0 Å². The predicted octanol–water partition coefficient (Wildman–Crippen LogP) is 1.46. The van der Waals surface area contributed by atoms with Gasteiger partial charge in [-0.05, 0) is 26.1 Å². The minimum Gasteiger partial charge on any atom is -0.374 e. The molecule has 0 amide bonds. The summed E-state index contributed by atoms with van der Waals surface area (Å²) in [5.74, 6) is 0. The van der Waals surface area contributed by atoms with Crippen LogP contribution < -0.4 is 5.73 Å². The van der Waals surface area contributed by atoms with Gasteiger partial charge in [-0.25, -0.2) is 0 Å². The lowest BCUT2D eigenvalue weighted by Gasteiger charge is -2.14. The number of nitrogens with zero attached hydrogens (tertiary/aromatic N) is 4. The predicted molar refractivity (Wildman–Crippen MR) is 68.5 cm³/mol. The van der Waals surface area contributed by atoms with Crippen LogP contribution in [0.15, 0.2) is 18.2 Å². The van der Waals surface area contributed by atoms with E-state index in [1.807, 2.05) is 32.2 Å². The molecule has 90 valence electrons. The maximum Gasteiger partial charge on any atom is 0.203 e. The summed E-state index contributed by atoms with van der Waals surface area (Å²) in [6.45, 7) is 3.53. The molecule has 0 aliphatic carbocycles. The van der Waals surface area contributed by atoms with Crippen molar-refractivity contribution in [1.29, 1.82) is 0 Å². The first-order chi connectivity index (χ1) is 8.13. The Morgan fingerprint density at radius 1 is 1.29 bits per heavy atom. The molecule has 0 spiro atoms. The zero-order chi connectivity index (χ0) is 12.3. The third-order valence-electron chi connectivity index (χ3n) is 2.27. The second kappa shape index (κ2) is 5.20. The molecule has 0 bridgehead atoms. The molecule has 0 unspecified atom stereocenters. The monoisotopic (exact) mass is 249 g/mol. The average molecular weight is 249 g/mol. The van der Waals surface area contributed by atoms with Gasteiger partial charge in [0.1, 0.15) is 5.01 Å². The summed E-state index contributed by atoms with van der Waals surface area (Å²) in [7, 11) is 2.03. The number of pyridine rings is 1. The van der Waals surface area contributed by atoms with Crippen molar-refractivity contribution in [2.75, 3.05) is 12.8 Å². The second-order valence-electron chi connectivity index (χ2n) is 3.98. The fourth-order valence-corrected chi connectivity index (χ4v) is 2.27. The van der Waals surface area contributed by atoms with Crippen LogP contribution in [0.25, 0.3) is 0 Å². The Bertz CT molecular complexity index is 496. The zero-order valence-electron chi connectivity index (χ0n) is 9.92. The quantitative estimate of drug-likeness (QED) is 0.888. The molecule has 0 saturated carbocycles. The van der Waals surface area contributed by atoms with Crippen LogP contribution in [0.3, 0.4) is 0 Å². The third kappa shape index (κ3) is 3.47. The lowest BCUT2D eigenvalue weighted by molar-refractivity contribution is 0.313. The number of hydrogen-bond acceptors (Lipinski definition) is 6. The van der Waals surface area contributed by atoms with E-state index in [0.29, 0.717) is 5.13 Å². The van der Waals surface area contributed by atoms with Crippen LogP contribution in [0.4, 0.5) is 5.13 Å². The number of anilines is 1. The van der Waals surface area contributed by atoms with Gasteiger partial charge in [0.05, 0.1) is 12.2 Å². The molecule has 0 fully saturated rings. The first kappa shape index (κ1) is 11.9. The summed E-state index contributed by atoms with van der Waals surface area (Å²) in [6.07, 6.45) is 0. The van der Waals surface area contributed by atoms with Gasteiger partial charge in [-0.15, -0.1) is 10.2 Å². The van der Waals surface area contributed by atoms with E-state index in [1.54, 1.807) is 0 Å². The van der Waals surface area contributed by atoms with Crippen LogP contribution in [-0.4, -0.2) is 27.1 Å². The zero-order valence-corrected chi connectivity index (χ0v) is 10.7. The van der Waals surface area contributed by atoms with Crippen LogP contribution in [-0.2, 0) is 13.1 Å². The van der Waals surface area contributed by atoms with Gasteiger partial charge >= 0.3 is 0 Å². The summed E-state index contributed by atoms with van der Waals surface area (Å²) in [5.41, 5.74) is 7.64. The van der Waals surface area contributed by atoms with Gasteiger partial charge < -0.3 is 5.73 Å². The Kier molecular flexibility index (Phi) is 3.65. The highest BCUT2D eigenvalue weighted by molar-refractivity contribution is 7.15. The first-order valence-electron chi connectivity index (χ1n) is 5.32. The highest BCUT2D eigenvalue weighted by Crippen LogP contribution is 2.13. The molecule has 0 saturated heterocycles. The van der Waals surface area contributed by atoms with Gasteiger partial charge in [-0.2, -0.15) is 0 Å². The van der Waals surface area contributed by atoms with Crippen molar-refractivity contribution < 1.29 is 0 Å².